The molecule has 0 saturated heterocycles. The van der Waals surface area contributed by atoms with Crippen LogP contribution in [0.1, 0.15) is 35.4 Å². The van der Waals surface area contributed by atoms with Crippen LogP contribution in [-0.2, 0) is 29.7 Å². The van der Waals surface area contributed by atoms with Crippen molar-refractivity contribution in [3.8, 4) is 0 Å². The lowest BCUT2D eigenvalue weighted by atomic mass is 10.2. The summed E-state index contributed by atoms with van der Waals surface area (Å²) < 4.78 is 7.51. The lowest BCUT2D eigenvalue weighted by Crippen LogP contribution is -2.35. The summed E-state index contributed by atoms with van der Waals surface area (Å²) in [5.74, 6) is 0.0658. The van der Waals surface area contributed by atoms with Gasteiger partial charge in [-0.2, -0.15) is 5.10 Å². The van der Waals surface area contributed by atoms with Crippen LogP contribution in [0.5, 0.6) is 0 Å². The highest BCUT2D eigenvalue weighted by Crippen LogP contribution is 2.29. The van der Waals surface area contributed by atoms with Gasteiger partial charge in [-0.05, 0) is 32.3 Å². The van der Waals surface area contributed by atoms with Crippen LogP contribution in [0, 0.1) is 13.8 Å². The molecular weight excluding hydrogens is 302 g/mol. The normalized spacial score (nSPS) is 14.0. The lowest BCUT2D eigenvalue weighted by molar-refractivity contribution is -0.137. The third-order valence-corrected chi connectivity index (χ3v) is 4.63. The van der Waals surface area contributed by atoms with Gasteiger partial charge >= 0.3 is 0 Å². The molecule has 0 aliphatic heterocycles. The minimum absolute atomic E-state index is 0.0658. The van der Waals surface area contributed by atoms with Gasteiger partial charge in [0.2, 0.25) is 5.91 Å². The Kier molecular flexibility index (Phi) is 5.00. The molecule has 24 heavy (non-hydrogen) atoms. The van der Waals surface area contributed by atoms with Crippen LogP contribution in [0.2, 0.25) is 0 Å². The summed E-state index contributed by atoms with van der Waals surface area (Å²) in [4.78, 5) is 14.6. The second-order valence-electron chi connectivity index (χ2n) is 6.50. The van der Waals surface area contributed by atoms with E-state index in [0.717, 1.165) is 35.4 Å². The molecule has 1 saturated carbocycles. The van der Waals surface area contributed by atoms with Crippen LogP contribution < -0.4 is 0 Å². The zero-order chi connectivity index (χ0) is 17.1. The van der Waals surface area contributed by atoms with Crippen LogP contribution in [0.15, 0.2) is 30.3 Å². The predicted octanol–water partition coefficient (Wildman–Crippen LogP) is 2.74. The molecule has 1 aliphatic rings. The van der Waals surface area contributed by atoms with E-state index in [9.17, 15) is 4.79 Å². The fraction of sp³-hybridized carbons (Fsp3) is 0.474. The second kappa shape index (κ2) is 7.18. The van der Waals surface area contributed by atoms with Gasteiger partial charge in [-0.3, -0.25) is 9.48 Å². The Hall–Kier alpha value is -2.14. The molecule has 0 radical (unpaired) electrons. The summed E-state index contributed by atoms with van der Waals surface area (Å²) >= 11 is 0. The van der Waals surface area contributed by atoms with Gasteiger partial charge in [-0.1, -0.05) is 30.3 Å². The average Bonchev–Trinajstić information content (AvgIpc) is 3.37. The molecule has 0 unspecified atom stereocenters. The number of carbonyl (C=O) groups excluding carboxylic acids is 1. The first-order valence-corrected chi connectivity index (χ1v) is 8.46. The fourth-order valence-corrected chi connectivity index (χ4v) is 2.94. The van der Waals surface area contributed by atoms with Gasteiger partial charge in [0.1, 0.15) is 6.61 Å². The van der Waals surface area contributed by atoms with Gasteiger partial charge in [-0.15, -0.1) is 0 Å². The topological polar surface area (TPSA) is 47.4 Å². The highest BCUT2D eigenvalue weighted by Gasteiger charge is 2.33. The van der Waals surface area contributed by atoms with E-state index in [0.29, 0.717) is 19.2 Å². The molecule has 1 aromatic carbocycles. The van der Waals surface area contributed by atoms with Crippen molar-refractivity contribution in [2.75, 3.05) is 6.61 Å². The Morgan fingerprint density at radius 2 is 2.00 bits per heavy atom. The number of nitrogens with zero attached hydrogens (tertiary/aromatic N) is 3. The number of amides is 1. The molecule has 0 spiro atoms. The SMILES string of the molecule is Cc1nn(C)c(C)c1CN(C(=O)COCc1ccccc1)C1CC1. The van der Waals surface area contributed by atoms with E-state index in [4.69, 9.17) is 4.74 Å². The number of hydrogen-bond donors (Lipinski definition) is 0. The molecule has 5 nitrogen and oxygen atoms in total. The number of aromatic nitrogens is 2. The van der Waals surface area contributed by atoms with Crippen molar-refractivity contribution in [2.24, 2.45) is 7.05 Å². The van der Waals surface area contributed by atoms with Crippen molar-refractivity contribution >= 4 is 5.91 Å². The average molecular weight is 327 g/mol. The largest absolute Gasteiger partial charge is 0.367 e. The van der Waals surface area contributed by atoms with Gasteiger partial charge in [-0.25, -0.2) is 0 Å². The molecule has 0 bridgehead atoms. The highest BCUT2D eigenvalue weighted by molar-refractivity contribution is 5.78. The highest BCUT2D eigenvalue weighted by atomic mass is 16.5. The van der Waals surface area contributed by atoms with Crippen molar-refractivity contribution in [3.63, 3.8) is 0 Å². The van der Waals surface area contributed by atoms with Gasteiger partial charge in [0, 0.05) is 30.9 Å². The first-order chi connectivity index (χ1) is 11.6. The second-order valence-corrected chi connectivity index (χ2v) is 6.50. The van der Waals surface area contributed by atoms with E-state index < -0.39 is 0 Å². The number of carbonyl (C=O) groups is 1. The summed E-state index contributed by atoms with van der Waals surface area (Å²) in [5, 5.41) is 4.45. The fourth-order valence-electron chi connectivity index (χ4n) is 2.94. The van der Waals surface area contributed by atoms with Crippen LogP contribution in [0.25, 0.3) is 0 Å². The minimum Gasteiger partial charge on any atom is -0.367 e. The van der Waals surface area contributed by atoms with Gasteiger partial charge in [0.05, 0.1) is 12.3 Å². The molecule has 2 aromatic rings. The minimum atomic E-state index is 0.0658. The Labute approximate surface area is 143 Å². The Morgan fingerprint density at radius 1 is 1.29 bits per heavy atom. The Bertz CT molecular complexity index is 705. The number of hydrogen-bond acceptors (Lipinski definition) is 3. The monoisotopic (exact) mass is 327 g/mol. The standard InChI is InChI=1S/C19H25N3O2/c1-14-18(15(2)21(3)20-14)11-22(17-9-10-17)19(23)13-24-12-16-7-5-4-6-8-16/h4-8,17H,9-13H2,1-3H3. The van der Waals surface area contributed by atoms with E-state index in [-0.39, 0.29) is 12.5 Å². The molecule has 1 amide bonds. The van der Waals surface area contributed by atoms with Crippen LogP contribution in [-0.4, -0.2) is 33.2 Å². The van der Waals surface area contributed by atoms with Gasteiger partial charge < -0.3 is 9.64 Å². The molecule has 0 N–H and O–H groups in total. The maximum atomic E-state index is 12.6. The molecule has 0 atom stereocenters. The van der Waals surface area contributed by atoms with Crippen LogP contribution in [0.4, 0.5) is 0 Å². The summed E-state index contributed by atoms with van der Waals surface area (Å²) in [6.45, 7) is 5.28. The maximum Gasteiger partial charge on any atom is 0.249 e. The molecule has 3 rings (SSSR count). The van der Waals surface area contributed by atoms with Crippen LogP contribution >= 0.6 is 0 Å². The summed E-state index contributed by atoms with van der Waals surface area (Å²) in [7, 11) is 1.94. The van der Waals surface area contributed by atoms with Crippen molar-refractivity contribution in [1.29, 1.82) is 0 Å². The quantitative estimate of drug-likeness (QED) is 0.785. The molecular formula is C19H25N3O2. The summed E-state index contributed by atoms with van der Waals surface area (Å²) in [6, 6.07) is 10.3. The molecule has 1 heterocycles. The van der Waals surface area contributed by atoms with Crippen molar-refractivity contribution < 1.29 is 9.53 Å². The molecule has 5 heteroatoms. The van der Waals surface area contributed by atoms with Gasteiger partial charge in [0.25, 0.3) is 0 Å². The number of aryl methyl sites for hydroxylation is 2. The van der Waals surface area contributed by atoms with Crippen molar-refractivity contribution in [2.45, 2.75) is 45.9 Å². The first-order valence-electron chi connectivity index (χ1n) is 8.46. The number of rotatable bonds is 7. The predicted molar refractivity (Wildman–Crippen MR) is 92.4 cm³/mol. The van der Waals surface area contributed by atoms with E-state index in [2.05, 4.69) is 12.0 Å². The smallest absolute Gasteiger partial charge is 0.249 e. The van der Waals surface area contributed by atoms with E-state index in [1.54, 1.807) is 0 Å². The lowest BCUT2D eigenvalue weighted by Gasteiger charge is -2.23. The Morgan fingerprint density at radius 3 is 2.58 bits per heavy atom. The van der Waals surface area contributed by atoms with E-state index >= 15 is 0 Å². The Balaban J connectivity index is 1.60. The zero-order valence-corrected chi connectivity index (χ0v) is 14.7. The van der Waals surface area contributed by atoms with Gasteiger partial charge in [0.15, 0.2) is 0 Å². The van der Waals surface area contributed by atoms with Crippen molar-refractivity contribution in [3.05, 3.63) is 52.8 Å². The van der Waals surface area contributed by atoms with E-state index in [1.165, 1.54) is 0 Å². The third-order valence-electron chi connectivity index (χ3n) is 4.63. The van der Waals surface area contributed by atoms with Crippen molar-refractivity contribution in [1.82, 2.24) is 14.7 Å². The number of benzene rings is 1. The molecule has 1 fully saturated rings. The molecule has 1 aromatic heterocycles. The third kappa shape index (κ3) is 3.85. The summed E-state index contributed by atoms with van der Waals surface area (Å²) in [6.07, 6.45) is 2.17. The zero-order valence-electron chi connectivity index (χ0n) is 14.7. The van der Waals surface area contributed by atoms with Crippen LogP contribution in [0.3, 0.4) is 0 Å². The maximum absolute atomic E-state index is 12.6. The molecule has 1 aliphatic carbocycles. The summed E-state index contributed by atoms with van der Waals surface area (Å²) in [5.41, 5.74) is 4.36. The van der Waals surface area contributed by atoms with E-state index in [1.807, 2.05) is 53.9 Å². The molecule has 128 valence electrons. The first kappa shape index (κ1) is 16.7. The number of ether oxygens (including phenoxy) is 1.